The number of hydrogen-bond donors (Lipinski definition) is 1. The highest BCUT2D eigenvalue weighted by Gasteiger charge is 2.21. The summed E-state index contributed by atoms with van der Waals surface area (Å²) in [5, 5.41) is 10.6. The number of rotatable bonds is 11. The smallest absolute Gasteiger partial charge is 0.214 e. The topological polar surface area (TPSA) is 78.6 Å². The van der Waals surface area contributed by atoms with Crippen LogP contribution in [0, 0.1) is 17.5 Å². The highest BCUT2D eigenvalue weighted by Crippen LogP contribution is 2.30. The molecule has 2 heterocycles. The molecule has 11 heteroatoms. The summed E-state index contributed by atoms with van der Waals surface area (Å²) in [6.45, 7) is 6.23. The van der Waals surface area contributed by atoms with Crippen LogP contribution >= 0.6 is 15.9 Å². The maximum absolute atomic E-state index is 15.5. The number of halogens is 4. The first-order chi connectivity index (χ1) is 21.4. The second-order valence-electron chi connectivity index (χ2n) is 11.5. The van der Waals surface area contributed by atoms with Crippen molar-refractivity contribution >= 4 is 27.0 Å². The molecule has 5 aromatic rings. The van der Waals surface area contributed by atoms with Crippen LogP contribution in [0.15, 0.2) is 71.2 Å². The zero-order valence-electron chi connectivity index (χ0n) is 25.3. The van der Waals surface area contributed by atoms with E-state index in [0.29, 0.717) is 45.6 Å². The molecule has 0 amide bonds. The highest BCUT2D eigenvalue weighted by molar-refractivity contribution is 9.10. The first-order valence-electron chi connectivity index (χ1n) is 14.3. The molecule has 5 rings (SSSR count). The Morgan fingerprint density at radius 2 is 1.69 bits per heavy atom. The van der Waals surface area contributed by atoms with E-state index in [2.05, 4.69) is 20.9 Å². The summed E-state index contributed by atoms with van der Waals surface area (Å²) in [5.74, 6) is -1.09. The molecule has 0 bridgehead atoms. The molecule has 3 aromatic carbocycles. The van der Waals surface area contributed by atoms with E-state index in [1.165, 1.54) is 6.07 Å². The van der Waals surface area contributed by atoms with Crippen LogP contribution in [0.2, 0.25) is 0 Å². The van der Waals surface area contributed by atoms with Gasteiger partial charge in [-0.15, -0.1) is 0 Å². The van der Waals surface area contributed by atoms with Crippen molar-refractivity contribution in [3.05, 3.63) is 111 Å². The minimum absolute atomic E-state index is 0.00708. The summed E-state index contributed by atoms with van der Waals surface area (Å²) < 4.78 is 64.3. The van der Waals surface area contributed by atoms with E-state index < -0.39 is 29.3 Å². The third-order valence-corrected chi connectivity index (χ3v) is 7.49. The van der Waals surface area contributed by atoms with Crippen LogP contribution in [0.4, 0.5) is 13.2 Å². The molecular weight excluding hydrogens is 651 g/mol. The fourth-order valence-corrected chi connectivity index (χ4v) is 5.17. The average molecular weight is 685 g/mol. The molecule has 0 aliphatic carbocycles. The van der Waals surface area contributed by atoms with Crippen LogP contribution in [-0.2, 0) is 29.0 Å². The van der Waals surface area contributed by atoms with Gasteiger partial charge >= 0.3 is 0 Å². The van der Waals surface area contributed by atoms with Crippen molar-refractivity contribution in [2.45, 2.75) is 52.2 Å². The lowest BCUT2D eigenvalue weighted by Crippen LogP contribution is -2.22. The van der Waals surface area contributed by atoms with Crippen molar-refractivity contribution in [3.63, 3.8) is 0 Å². The molecule has 0 radical (unpaired) electrons. The summed E-state index contributed by atoms with van der Waals surface area (Å²) in [6, 6.07) is 16.9. The Kier molecular flexibility index (Phi) is 9.93. The van der Waals surface area contributed by atoms with Gasteiger partial charge in [0.25, 0.3) is 0 Å². The summed E-state index contributed by atoms with van der Waals surface area (Å²) in [4.78, 5) is 9.01. The standard InChI is InChI=1S/C34H33BrF3N3O4/c1-34(2,3)45-33(42)20-9-11-29-30(15-20)41(12-13-43-4)31(39-29)16-22-14-27(38)24(18-26(22)37)28-6-5-7-32(40-28)44-19-21-8-10-23(35)17-25(21)36/h5-11,14-15,17-18,33,42H,12-13,16,19H2,1-4H3. The molecule has 7 nitrogen and oxygen atoms in total. The van der Waals surface area contributed by atoms with E-state index in [4.69, 9.17) is 19.2 Å². The molecule has 1 atom stereocenters. The Morgan fingerprint density at radius 1 is 0.911 bits per heavy atom. The minimum atomic E-state index is -1.15. The Labute approximate surface area is 267 Å². The Morgan fingerprint density at radius 3 is 2.42 bits per heavy atom. The second kappa shape index (κ2) is 13.7. The van der Waals surface area contributed by atoms with Crippen LogP contribution in [0.3, 0.4) is 0 Å². The van der Waals surface area contributed by atoms with Crippen LogP contribution in [0.5, 0.6) is 5.88 Å². The number of aromatic nitrogens is 3. The van der Waals surface area contributed by atoms with Crippen molar-refractivity contribution in [2.24, 2.45) is 0 Å². The Bertz CT molecular complexity index is 1820. The number of methoxy groups -OCH3 is 1. The lowest BCUT2D eigenvalue weighted by molar-refractivity contribution is -0.169. The van der Waals surface area contributed by atoms with Gasteiger partial charge in [0.15, 0.2) is 6.29 Å². The Balaban J connectivity index is 1.40. The van der Waals surface area contributed by atoms with Crippen molar-refractivity contribution in [1.82, 2.24) is 14.5 Å². The quantitative estimate of drug-likeness (QED) is 0.143. The lowest BCUT2D eigenvalue weighted by atomic mass is 10.0. The summed E-state index contributed by atoms with van der Waals surface area (Å²) in [6.07, 6.45) is -1.14. The SMILES string of the molecule is COCCn1c(Cc2cc(F)c(-c3cccc(OCc4ccc(Br)cc4F)n3)cc2F)nc2ccc(C(O)OC(C)(C)C)cc21. The molecule has 0 aliphatic heterocycles. The molecule has 1 N–H and O–H groups in total. The van der Waals surface area contributed by atoms with E-state index in [-0.39, 0.29) is 35.7 Å². The molecule has 0 fully saturated rings. The van der Waals surface area contributed by atoms with Gasteiger partial charge in [0.05, 0.1) is 28.9 Å². The van der Waals surface area contributed by atoms with Gasteiger partial charge in [0.1, 0.15) is 29.9 Å². The third kappa shape index (κ3) is 7.91. The van der Waals surface area contributed by atoms with Crippen molar-refractivity contribution in [3.8, 4) is 17.1 Å². The number of nitrogens with zero attached hydrogens (tertiary/aromatic N) is 3. The zero-order valence-corrected chi connectivity index (χ0v) is 26.9. The number of benzene rings is 3. The highest BCUT2D eigenvalue weighted by atomic mass is 79.9. The first kappa shape index (κ1) is 32.6. The molecule has 2 aromatic heterocycles. The maximum Gasteiger partial charge on any atom is 0.214 e. The molecule has 1 unspecified atom stereocenters. The molecule has 0 spiro atoms. The van der Waals surface area contributed by atoms with Crippen LogP contribution in [0.1, 0.15) is 49.6 Å². The van der Waals surface area contributed by atoms with Crippen molar-refractivity contribution in [2.75, 3.05) is 13.7 Å². The largest absolute Gasteiger partial charge is 0.473 e. The van der Waals surface area contributed by atoms with E-state index in [1.807, 2.05) is 25.3 Å². The van der Waals surface area contributed by atoms with Gasteiger partial charge in [-0.1, -0.05) is 34.1 Å². The second-order valence-corrected chi connectivity index (χ2v) is 12.4. The fourth-order valence-electron chi connectivity index (χ4n) is 4.84. The molecule has 0 saturated carbocycles. The molecule has 236 valence electrons. The van der Waals surface area contributed by atoms with E-state index in [9.17, 15) is 9.50 Å². The van der Waals surface area contributed by atoms with Gasteiger partial charge in [0.2, 0.25) is 5.88 Å². The van der Waals surface area contributed by atoms with E-state index in [1.54, 1.807) is 55.6 Å². The van der Waals surface area contributed by atoms with E-state index in [0.717, 1.165) is 12.1 Å². The predicted octanol–water partition coefficient (Wildman–Crippen LogP) is 7.90. The number of hydrogen-bond acceptors (Lipinski definition) is 6. The molecule has 45 heavy (non-hydrogen) atoms. The minimum Gasteiger partial charge on any atom is -0.473 e. The van der Waals surface area contributed by atoms with Crippen LogP contribution < -0.4 is 4.74 Å². The van der Waals surface area contributed by atoms with Gasteiger partial charge in [-0.2, -0.15) is 0 Å². The van der Waals surface area contributed by atoms with Gasteiger partial charge in [-0.05, 0) is 68.8 Å². The average Bonchev–Trinajstić information content (AvgIpc) is 3.32. The third-order valence-electron chi connectivity index (χ3n) is 7.00. The van der Waals surface area contributed by atoms with Crippen LogP contribution in [0.25, 0.3) is 22.3 Å². The molecule has 0 saturated heterocycles. The number of aliphatic hydroxyl groups excluding tert-OH is 1. The molecule has 0 aliphatic rings. The summed E-state index contributed by atoms with van der Waals surface area (Å²) in [7, 11) is 1.58. The summed E-state index contributed by atoms with van der Waals surface area (Å²) in [5.41, 5.74) is 1.89. The maximum atomic E-state index is 15.5. The normalized spacial score (nSPS) is 12.6. The van der Waals surface area contributed by atoms with Gasteiger partial charge < -0.3 is 23.9 Å². The van der Waals surface area contributed by atoms with Crippen molar-refractivity contribution in [1.29, 1.82) is 0 Å². The fraction of sp³-hybridized carbons (Fsp3) is 0.294. The number of pyridine rings is 1. The monoisotopic (exact) mass is 683 g/mol. The van der Waals surface area contributed by atoms with Crippen LogP contribution in [-0.4, -0.2) is 39.0 Å². The zero-order chi connectivity index (χ0) is 32.3. The summed E-state index contributed by atoms with van der Waals surface area (Å²) >= 11 is 3.22. The van der Waals surface area contributed by atoms with Gasteiger partial charge in [-0.25, -0.2) is 23.1 Å². The number of imidazole rings is 1. The van der Waals surface area contributed by atoms with E-state index >= 15 is 8.78 Å². The predicted molar refractivity (Wildman–Crippen MR) is 168 cm³/mol. The Hall–Kier alpha value is -3.77. The van der Waals surface area contributed by atoms with Gasteiger partial charge in [0, 0.05) is 47.3 Å². The lowest BCUT2D eigenvalue weighted by Gasteiger charge is -2.24. The van der Waals surface area contributed by atoms with Gasteiger partial charge in [-0.3, -0.25) is 0 Å². The number of ether oxygens (including phenoxy) is 3. The first-order valence-corrected chi connectivity index (χ1v) is 15.1. The number of aliphatic hydroxyl groups is 1. The number of fused-ring (bicyclic) bond motifs is 1. The molecular formula is C34H33BrF3N3O4. The van der Waals surface area contributed by atoms with Crippen molar-refractivity contribution < 1.29 is 32.5 Å².